The highest BCUT2D eigenvalue weighted by Crippen LogP contribution is 2.43. The minimum absolute atomic E-state index is 0.159. The highest BCUT2D eigenvalue weighted by Gasteiger charge is 2.41. The van der Waals surface area contributed by atoms with Gasteiger partial charge in [-0.3, -0.25) is 0 Å². The molecule has 0 aromatic heterocycles. The van der Waals surface area contributed by atoms with Crippen LogP contribution in [-0.2, 0) is 5.60 Å². The van der Waals surface area contributed by atoms with Gasteiger partial charge in [-0.1, -0.05) is 25.1 Å². The van der Waals surface area contributed by atoms with Crippen LogP contribution in [-0.4, -0.2) is 16.1 Å². The third-order valence-corrected chi connectivity index (χ3v) is 4.37. The molecule has 2 rings (SSSR count). The van der Waals surface area contributed by atoms with Crippen molar-refractivity contribution in [1.29, 1.82) is 5.26 Å². The van der Waals surface area contributed by atoms with Crippen LogP contribution in [0.15, 0.2) is 24.3 Å². The molecule has 0 aliphatic carbocycles. The summed E-state index contributed by atoms with van der Waals surface area (Å²) in [5, 5.41) is 19.7. The molecule has 2 atom stereocenters. The minimum Gasteiger partial charge on any atom is -0.384 e. The average molecular weight is 219 g/mol. The van der Waals surface area contributed by atoms with E-state index in [-0.39, 0.29) is 5.25 Å². The smallest absolute Gasteiger partial charge is 0.103 e. The molecule has 1 fully saturated rings. The van der Waals surface area contributed by atoms with Crippen molar-refractivity contribution >= 4 is 11.8 Å². The monoisotopic (exact) mass is 219 g/mol. The lowest BCUT2D eigenvalue weighted by Crippen LogP contribution is -2.32. The minimum atomic E-state index is -0.822. The maximum Gasteiger partial charge on any atom is 0.103 e. The van der Waals surface area contributed by atoms with E-state index < -0.39 is 5.60 Å². The van der Waals surface area contributed by atoms with Crippen LogP contribution in [0.2, 0.25) is 0 Å². The van der Waals surface area contributed by atoms with E-state index in [1.54, 1.807) is 17.8 Å². The summed E-state index contributed by atoms with van der Waals surface area (Å²) in [6.45, 7) is 2.02. The third-order valence-electron chi connectivity index (χ3n) is 3.04. The summed E-state index contributed by atoms with van der Waals surface area (Å²) in [7, 11) is 0. The lowest BCUT2D eigenvalue weighted by Gasteiger charge is -2.28. The molecule has 1 aromatic carbocycles. The number of aliphatic hydroxyl groups is 1. The maximum atomic E-state index is 10.6. The van der Waals surface area contributed by atoms with Crippen molar-refractivity contribution in [2.24, 2.45) is 0 Å². The number of rotatable bonds is 1. The molecule has 0 unspecified atom stereocenters. The zero-order valence-corrected chi connectivity index (χ0v) is 9.42. The van der Waals surface area contributed by atoms with E-state index in [0.717, 1.165) is 17.7 Å². The molecule has 0 saturated carbocycles. The van der Waals surface area contributed by atoms with E-state index in [1.165, 1.54) is 0 Å². The van der Waals surface area contributed by atoms with Crippen LogP contribution >= 0.6 is 11.8 Å². The predicted molar refractivity (Wildman–Crippen MR) is 61.6 cm³/mol. The van der Waals surface area contributed by atoms with Crippen LogP contribution in [0.25, 0.3) is 0 Å². The zero-order valence-electron chi connectivity index (χ0n) is 8.60. The number of hydrogen-bond acceptors (Lipinski definition) is 3. The van der Waals surface area contributed by atoms with E-state index in [0.29, 0.717) is 5.56 Å². The van der Waals surface area contributed by atoms with Crippen molar-refractivity contribution < 1.29 is 5.11 Å². The quantitative estimate of drug-likeness (QED) is 0.788. The first kappa shape index (κ1) is 10.5. The second-order valence-corrected chi connectivity index (χ2v) is 5.29. The zero-order chi connectivity index (χ0) is 10.9. The molecule has 1 saturated heterocycles. The van der Waals surface area contributed by atoms with E-state index in [9.17, 15) is 5.11 Å². The van der Waals surface area contributed by atoms with Gasteiger partial charge in [-0.2, -0.15) is 17.0 Å². The van der Waals surface area contributed by atoms with Crippen molar-refractivity contribution in [3.63, 3.8) is 0 Å². The summed E-state index contributed by atoms with van der Waals surface area (Å²) in [5.74, 6) is 0.956. The van der Waals surface area contributed by atoms with Gasteiger partial charge in [-0.15, -0.1) is 0 Å². The summed E-state index contributed by atoms with van der Waals surface area (Å²) >= 11 is 1.76. The fourth-order valence-corrected chi connectivity index (χ4v) is 3.35. The fraction of sp³-hybridized carbons (Fsp3) is 0.417. The molecule has 1 N–H and O–H groups in total. The van der Waals surface area contributed by atoms with Crippen LogP contribution in [0.4, 0.5) is 0 Å². The maximum absolute atomic E-state index is 10.6. The van der Waals surface area contributed by atoms with Gasteiger partial charge in [-0.25, -0.2) is 0 Å². The molecular formula is C12H13NOS. The molecule has 1 aliphatic heterocycles. The second kappa shape index (κ2) is 3.88. The Hall–Kier alpha value is -0.980. The summed E-state index contributed by atoms with van der Waals surface area (Å²) in [6.07, 6.45) is 0.734. The Morgan fingerprint density at radius 2 is 2.27 bits per heavy atom. The third kappa shape index (κ3) is 1.64. The van der Waals surface area contributed by atoms with Crippen LogP contribution in [0.5, 0.6) is 0 Å². The van der Waals surface area contributed by atoms with Crippen molar-refractivity contribution in [1.82, 2.24) is 0 Å². The van der Waals surface area contributed by atoms with Crippen molar-refractivity contribution in [2.45, 2.75) is 24.2 Å². The molecule has 0 spiro atoms. The largest absolute Gasteiger partial charge is 0.384 e. The second-order valence-electron chi connectivity index (χ2n) is 3.84. The summed E-state index contributed by atoms with van der Waals surface area (Å²) in [5.41, 5.74) is 0.552. The van der Waals surface area contributed by atoms with Crippen LogP contribution in [0.3, 0.4) is 0 Å². The molecule has 3 heteroatoms. The van der Waals surface area contributed by atoms with E-state index in [2.05, 4.69) is 6.07 Å². The summed E-state index contributed by atoms with van der Waals surface area (Å²) in [4.78, 5) is 0. The molecule has 2 nitrogen and oxygen atoms in total. The Morgan fingerprint density at radius 3 is 2.87 bits per heavy atom. The highest BCUT2D eigenvalue weighted by atomic mass is 32.2. The Morgan fingerprint density at radius 1 is 1.53 bits per heavy atom. The molecule has 1 aliphatic rings. The van der Waals surface area contributed by atoms with Crippen molar-refractivity contribution in [3.05, 3.63) is 35.4 Å². The molecule has 0 amide bonds. The van der Waals surface area contributed by atoms with Gasteiger partial charge in [0.25, 0.3) is 0 Å². The van der Waals surface area contributed by atoms with Gasteiger partial charge < -0.3 is 5.11 Å². The van der Waals surface area contributed by atoms with Gasteiger partial charge in [0.15, 0.2) is 0 Å². The summed E-state index contributed by atoms with van der Waals surface area (Å²) in [6, 6.07) is 9.49. The SMILES string of the molecule is C[C@@H]1SCC[C@@]1(O)c1ccccc1C#N. The number of benzene rings is 1. The Balaban J connectivity index is 2.49. The molecule has 1 aromatic rings. The van der Waals surface area contributed by atoms with Crippen molar-refractivity contribution in [3.8, 4) is 6.07 Å². The Bertz CT molecular complexity index is 412. The van der Waals surface area contributed by atoms with E-state index in [4.69, 9.17) is 5.26 Å². The van der Waals surface area contributed by atoms with Gasteiger partial charge in [0, 0.05) is 10.8 Å². The number of nitriles is 1. The van der Waals surface area contributed by atoms with Crippen LogP contribution < -0.4 is 0 Å². The summed E-state index contributed by atoms with van der Waals surface area (Å²) < 4.78 is 0. The topological polar surface area (TPSA) is 44.0 Å². The van der Waals surface area contributed by atoms with Gasteiger partial charge in [0.05, 0.1) is 11.6 Å². The van der Waals surface area contributed by atoms with Crippen LogP contribution in [0.1, 0.15) is 24.5 Å². The Labute approximate surface area is 93.9 Å². The van der Waals surface area contributed by atoms with Gasteiger partial charge in [0.2, 0.25) is 0 Å². The first-order chi connectivity index (χ1) is 7.18. The van der Waals surface area contributed by atoms with Gasteiger partial charge in [-0.05, 0) is 18.2 Å². The lowest BCUT2D eigenvalue weighted by molar-refractivity contribution is 0.0424. The lowest BCUT2D eigenvalue weighted by atomic mass is 9.86. The molecular weight excluding hydrogens is 206 g/mol. The molecule has 78 valence electrons. The van der Waals surface area contributed by atoms with Crippen molar-refractivity contribution in [2.75, 3.05) is 5.75 Å². The number of nitrogens with zero attached hydrogens (tertiary/aromatic N) is 1. The normalized spacial score (nSPS) is 30.1. The van der Waals surface area contributed by atoms with E-state index >= 15 is 0 Å². The van der Waals surface area contributed by atoms with Gasteiger partial charge >= 0.3 is 0 Å². The molecule has 0 bridgehead atoms. The predicted octanol–water partition coefficient (Wildman–Crippen LogP) is 2.27. The van der Waals surface area contributed by atoms with Gasteiger partial charge in [0.1, 0.15) is 5.60 Å². The number of hydrogen-bond donors (Lipinski definition) is 1. The molecule has 0 radical (unpaired) electrons. The number of thioether (sulfide) groups is 1. The first-order valence-corrected chi connectivity index (χ1v) is 6.07. The highest BCUT2D eigenvalue weighted by molar-refractivity contribution is 8.00. The molecule has 15 heavy (non-hydrogen) atoms. The van der Waals surface area contributed by atoms with E-state index in [1.807, 2.05) is 25.1 Å². The Kier molecular flexibility index (Phi) is 2.72. The standard InChI is InChI=1S/C12H13NOS/c1-9-12(14,6-7-15-9)11-5-3-2-4-10(11)8-13/h2-5,9,14H,6-7H2,1H3/t9-,12-/m0/s1. The molecule has 1 heterocycles. The average Bonchev–Trinajstić information content (AvgIpc) is 2.60. The van der Waals surface area contributed by atoms with Crippen LogP contribution in [0, 0.1) is 11.3 Å². The first-order valence-electron chi connectivity index (χ1n) is 5.02. The fourth-order valence-electron chi connectivity index (χ4n) is 2.04.